The van der Waals surface area contributed by atoms with E-state index in [1.165, 1.54) is 0 Å². The van der Waals surface area contributed by atoms with E-state index in [0.29, 0.717) is 12.8 Å². The van der Waals surface area contributed by atoms with E-state index in [-0.39, 0.29) is 24.8 Å². The van der Waals surface area contributed by atoms with Gasteiger partial charge in [0.05, 0.1) is 13.2 Å². The molecule has 0 bridgehead atoms. The van der Waals surface area contributed by atoms with E-state index in [4.69, 9.17) is 22.3 Å². The van der Waals surface area contributed by atoms with Crippen molar-refractivity contribution in [2.24, 2.45) is 28.1 Å². The second-order valence-electron chi connectivity index (χ2n) is 6.79. The zero-order chi connectivity index (χ0) is 23.3. The molecule has 0 aliphatic rings. The smallest absolute Gasteiger partial charge is 0.326 e. The van der Waals surface area contributed by atoms with Crippen LogP contribution in [0, 0.1) is 5.92 Å². The van der Waals surface area contributed by atoms with Crippen LogP contribution < -0.4 is 33.2 Å². The van der Waals surface area contributed by atoms with E-state index >= 15 is 0 Å². The lowest BCUT2D eigenvalue weighted by Gasteiger charge is -2.22. The molecule has 0 aliphatic carbocycles. The Hall–Kier alpha value is -2.93. The van der Waals surface area contributed by atoms with Crippen LogP contribution in [-0.4, -0.2) is 77.7 Å². The molecule has 172 valence electrons. The van der Waals surface area contributed by atoms with Crippen LogP contribution in [-0.2, 0) is 19.2 Å². The number of hydrogen-bond donors (Lipinski definition) is 8. The minimum Gasteiger partial charge on any atom is -0.480 e. The van der Waals surface area contributed by atoms with Gasteiger partial charge in [-0.05, 0) is 18.8 Å². The van der Waals surface area contributed by atoms with Crippen molar-refractivity contribution < 1.29 is 29.4 Å². The molecule has 0 aliphatic heterocycles. The van der Waals surface area contributed by atoms with Crippen molar-refractivity contribution in [2.45, 2.75) is 51.2 Å². The number of aliphatic carboxylic acids is 1. The summed E-state index contributed by atoms with van der Waals surface area (Å²) in [4.78, 5) is 51.4. The third-order valence-corrected chi connectivity index (χ3v) is 4.33. The zero-order valence-corrected chi connectivity index (χ0v) is 17.3. The van der Waals surface area contributed by atoms with Gasteiger partial charge in [0.2, 0.25) is 17.7 Å². The summed E-state index contributed by atoms with van der Waals surface area (Å²) in [7, 11) is 0. The Kier molecular flexibility index (Phi) is 12.7. The lowest BCUT2D eigenvalue weighted by molar-refractivity contribution is -0.143. The summed E-state index contributed by atoms with van der Waals surface area (Å²) in [5.74, 6) is -3.70. The molecule has 0 fully saturated rings. The highest BCUT2D eigenvalue weighted by molar-refractivity contribution is 5.92. The number of nitrogens with zero attached hydrogens (tertiary/aromatic N) is 1. The molecule has 4 unspecified atom stereocenters. The topological polar surface area (TPSA) is 235 Å². The molecule has 30 heavy (non-hydrogen) atoms. The van der Waals surface area contributed by atoms with Crippen LogP contribution in [0.25, 0.3) is 0 Å². The van der Waals surface area contributed by atoms with Gasteiger partial charge in [0.25, 0.3) is 0 Å². The number of guanidine groups is 1. The Bertz CT molecular complexity index is 624. The van der Waals surface area contributed by atoms with Gasteiger partial charge in [0, 0.05) is 6.54 Å². The van der Waals surface area contributed by atoms with Crippen molar-refractivity contribution in [3.8, 4) is 0 Å². The van der Waals surface area contributed by atoms with Gasteiger partial charge in [-0.15, -0.1) is 0 Å². The third kappa shape index (κ3) is 10.6. The molecule has 0 saturated carbocycles. The minimum atomic E-state index is -1.21. The first kappa shape index (κ1) is 27.1. The Labute approximate surface area is 174 Å². The Balaban J connectivity index is 4.91. The molecule has 0 aromatic rings. The Morgan fingerprint density at radius 3 is 2.23 bits per heavy atom. The number of hydrogen-bond acceptors (Lipinski definition) is 7. The van der Waals surface area contributed by atoms with Crippen LogP contribution in [0.4, 0.5) is 0 Å². The molecular formula is C17H33N7O6. The first-order valence-corrected chi connectivity index (χ1v) is 9.55. The maximum Gasteiger partial charge on any atom is 0.326 e. The number of nitrogens with two attached hydrogens (primary N) is 3. The van der Waals surface area contributed by atoms with E-state index in [0.717, 1.165) is 0 Å². The van der Waals surface area contributed by atoms with E-state index in [1.54, 1.807) is 13.8 Å². The first-order valence-electron chi connectivity index (χ1n) is 9.55. The monoisotopic (exact) mass is 431 g/mol. The zero-order valence-electron chi connectivity index (χ0n) is 17.3. The number of aliphatic hydroxyl groups excluding tert-OH is 1. The Morgan fingerprint density at radius 2 is 1.73 bits per heavy atom. The normalized spacial score (nSPS) is 14.5. The van der Waals surface area contributed by atoms with Crippen LogP contribution in [0.1, 0.15) is 33.1 Å². The van der Waals surface area contributed by atoms with Crippen LogP contribution in [0.2, 0.25) is 0 Å². The Morgan fingerprint density at radius 1 is 1.10 bits per heavy atom. The third-order valence-electron chi connectivity index (χ3n) is 4.33. The number of rotatable bonds is 14. The van der Waals surface area contributed by atoms with Crippen LogP contribution in [0.3, 0.4) is 0 Å². The molecule has 0 rings (SSSR count). The van der Waals surface area contributed by atoms with Crippen molar-refractivity contribution in [3.63, 3.8) is 0 Å². The molecule has 3 amide bonds. The summed E-state index contributed by atoms with van der Waals surface area (Å²) in [5, 5.41) is 25.3. The minimum absolute atomic E-state index is 0.117. The molecule has 0 aromatic carbocycles. The highest BCUT2D eigenvalue weighted by Crippen LogP contribution is 2.07. The fourth-order valence-electron chi connectivity index (χ4n) is 2.33. The highest BCUT2D eigenvalue weighted by Gasteiger charge is 2.27. The van der Waals surface area contributed by atoms with Gasteiger partial charge < -0.3 is 43.4 Å². The summed E-state index contributed by atoms with van der Waals surface area (Å²) in [6.45, 7) is 2.60. The average Bonchev–Trinajstić information content (AvgIpc) is 2.70. The predicted octanol–water partition coefficient (Wildman–Crippen LogP) is -3.42. The van der Waals surface area contributed by atoms with Crippen LogP contribution in [0.5, 0.6) is 0 Å². The van der Waals surface area contributed by atoms with Gasteiger partial charge in [0.15, 0.2) is 5.96 Å². The quantitative estimate of drug-likeness (QED) is 0.0775. The van der Waals surface area contributed by atoms with Gasteiger partial charge >= 0.3 is 5.97 Å². The number of carboxylic acids is 1. The van der Waals surface area contributed by atoms with Crippen LogP contribution in [0.15, 0.2) is 4.99 Å². The summed E-state index contributed by atoms with van der Waals surface area (Å²) < 4.78 is 0. The standard InChI is InChI=1S/C17H33N7O6/c1-3-9(2)13(16(29)30)24-12(26)7-22-15(28)11(5-4-6-21-17(19)20)23-14(27)10(18)8-25/h9-11,13,25H,3-8,18H2,1-2H3,(H,22,28)(H,23,27)(H,24,26)(H,29,30)(H4,19,20,21). The van der Waals surface area contributed by atoms with Crippen molar-refractivity contribution >= 4 is 29.7 Å². The average molecular weight is 431 g/mol. The summed E-state index contributed by atoms with van der Waals surface area (Å²) in [6.07, 6.45) is 1.02. The predicted molar refractivity (Wildman–Crippen MR) is 109 cm³/mol. The number of amides is 3. The molecule has 0 saturated heterocycles. The lowest BCUT2D eigenvalue weighted by Crippen LogP contribution is -2.54. The summed E-state index contributed by atoms with van der Waals surface area (Å²) >= 11 is 0. The highest BCUT2D eigenvalue weighted by atomic mass is 16.4. The second kappa shape index (κ2) is 14.1. The fourth-order valence-corrected chi connectivity index (χ4v) is 2.33. The number of carbonyl (C=O) groups is 4. The maximum atomic E-state index is 12.4. The van der Waals surface area contributed by atoms with E-state index in [1.807, 2.05) is 0 Å². The SMILES string of the molecule is CCC(C)C(NC(=O)CNC(=O)C(CCCN=C(N)N)NC(=O)C(N)CO)C(=O)O. The van der Waals surface area contributed by atoms with Crippen molar-refractivity contribution in [3.05, 3.63) is 0 Å². The van der Waals surface area contributed by atoms with Crippen LogP contribution >= 0.6 is 0 Å². The number of carbonyl (C=O) groups excluding carboxylic acids is 3. The first-order chi connectivity index (χ1) is 14.0. The number of nitrogens with one attached hydrogen (secondary N) is 3. The molecule has 0 radical (unpaired) electrons. The molecule has 13 heteroatoms. The van der Waals surface area contributed by atoms with Crippen molar-refractivity contribution in [1.82, 2.24) is 16.0 Å². The largest absolute Gasteiger partial charge is 0.480 e. The van der Waals surface area contributed by atoms with Gasteiger partial charge in [-0.25, -0.2) is 4.79 Å². The van der Waals surface area contributed by atoms with Crippen molar-refractivity contribution in [2.75, 3.05) is 19.7 Å². The van der Waals surface area contributed by atoms with Crippen molar-refractivity contribution in [1.29, 1.82) is 0 Å². The number of aliphatic imine (C=N–C) groups is 1. The molecule has 0 spiro atoms. The van der Waals surface area contributed by atoms with Gasteiger partial charge in [0.1, 0.15) is 18.1 Å². The number of aliphatic hydroxyl groups is 1. The van der Waals surface area contributed by atoms with Gasteiger partial charge in [-0.1, -0.05) is 20.3 Å². The molecule has 0 heterocycles. The van der Waals surface area contributed by atoms with Gasteiger partial charge in [-0.2, -0.15) is 0 Å². The molecule has 11 N–H and O–H groups in total. The molecule has 13 nitrogen and oxygen atoms in total. The molecular weight excluding hydrogens is 398 g/mol. The molecule has 0 aromatic heterocycles. The van der Waals surface area contributed by atoms with E-state index in [2.05, 4.69) is 20.9 Å². The van der Waals surface area contributed by atoms with E-state index < -0.39 is 55.0 Å². The lowest BCUT2D eigenvalue weighted by atomic mass is 9.99. The molecule has 4 atom stereocenters. The van der Waals surface area contributed by atoms with E-state index in [9.17, 15) is 24.3 Å². The number of carboxylic acid groups (broad SMARTS) is 1. The summed E-state index contributed by atoms with van der Waals surface area (Å²) in [6, 6.07) is -3.35. The second-order valence-corrected chi connectivity index (χ2v) is 6.79. The maximum absolute atomic E-state index is 12.4. The summed E-state index contributed by atoms with van der Waals surface area (Å²) in [5.41, 5.74) is 15.9. The fraction of sp³-hybridized carbons (Fsp3) is 0.706. The van der Waals surface area contributed by atoms with Gasteiger partial charge in [-0.3, -0.25) is 19.4 Å².